The molecule has 2 nitrogen and oxygen atoms in total. The van der Waals surface area contributed by atoms with Gasteiger partial charge in [0, 0.05) is 36.7 Å². The van der Waals surface area contributed by atoms with Gasteiger partial charge in [-0.05, 0) is 79.5 Å². The standard InChI is InChI=1S/C30H27ClF7NO/c31-25-6-1-18(15-24(25)30(36,37)38)29(40)11-13-39(14-12-29)21-7-9-28(10-8-21,22-4-2-19(32)16-26(22)34)23-5-3-20(33)17-27(23)35/h1-6,15-17,21,40H,7-14H2. The summed E-state index contributed by atoms with van der Waals surface area (Å²) in [6, 6.07) is 9.87. The van der Waals surface area contributed by atoms with Gasteiger partial charge < -0.3 is 10.0 Å². The molecule has 40 heavy (non-hydrogen) atoms. The van der Waals surface area contributed by atoms with Crippen LogP contribution in [0.5, 0.6) is 0 Å². The molecule has 0 unspecified atom stereocenters. The van der Waals surface area contributed by atoms with Gasteiger partial charge in [0.05, 0.1) is 16.2 Å². The highest BCUT2D eigenvalue weighted by molar-refractivity contribution is 6.31. The first-order valence-electron chi connectivity index (χ1n) is 13.1. The minimum atomic E-state index is -4.65. The number of nitrogens with zero attached hydrogens (tertiary/aromatic N) is 1. The Hall–Kier alpha value is -2.62. The van der Waals surface area contributed by atoms with Crippen LogP contribution < -0.4 is 0 Å². The summed E-state index contributed by atoms with van der Waals surface area (Å²) in [6.07, 6.45) is -2.58. The lowest BCUT2D eigenvalue weighted by molar-refractivity contribution is -0.137. The monoisotopic (exact) mass is 585 g/mol. The van der Waals surface area contributed by atoms with Crippen molar-refractivity contribution in [2.45, 2.75) is 61.8 Å². The summed E-state index contributed by atoms with van der Waals surface area (Å²) in [7, 11) is 0. The van der Waals surface area contributed by atoms with Crippen LogP contribution in [-0.4, -0.2) is 29.1 Å². The van der Waals surface area contributed by atoms with Gasteiger partial charge in [0.2, 0.25) is 0 Å². The van der Waals surface area contributed by atoms with Gasteiger partial charge >= 0.3 is 6.18 Å². The molecule has 2 aliphatic rings. The fourth-order valence-electron chi connectivity index (χ4n) is 6.48. The number of likely N-dealkylation sites (tertiary alicyclic amines) is 1. The van der Waals surface area contributed by atoms with Crippen molar-refractivity contribution in [3.05, 3.63) is 105 Å². The maximum absolute atomic E-state index is 15.0. The second kappa shape index (κ2) is 10.7. The number of aliphatic hydroxyl groups is 1. The molecule has 214 valence electrons. The van der Waals surface area contributed by atoms with E-state index in [9.17, 15) is 27.1 Å². The SMILES string of the molecule is OC1(c2ccc(Cl)c(C(F)(F)F)c2)CCN(C2CCC(c3ccc(F)cc3F)(c3ccc(F)cc3F)CC2)CC1. The van der Waals surface area contributed by atoms with E-state index in [2.05, 4.69) is 4.90 Å². The van der Waals surface area contributed by atoms with E-state index in [0.717, 1.165) is 36.4 Å². The van der Waals surface area contributed by atoms with E-state index in [0.29, 0.717) is 38.8 Å². The number of rotatable bonds is 4. The van der Waals surface area contributed by atoms with Crippen LogP contribution in [0.25, 0.3) is 0 Å². The molecule has 1 aliphatic heterocycles. The van der Waals surface area contributed by atoms with Crippen molar-refractivity contribution in [3.63, 3.8) is 0 Å². The van der Waals surface area contributed by atoms with Crippen molar-refractivity contribution in [2.24, 2.45) is 0 Å². The third-order valence-corrected chi connectivity index (χ3v) is 8.98. The van der Waals surface area contributed by atoms with Crippen molar-refractivity contribution in [1.82, 2.24) is 4.90 Å². The van der Waals surface area contributed by atoms with Gasteiger partial charge in [0.15, 0.2) is 0 Å². The number of hydrogen-bond acceptors (Lipinski definition) is 2. The van der Waals surface area contributed by atoms with Crippen LogP contribution in [0.2, 0.25) is 5.02 Å². The first-order valence-corrected chi connectivity index (χ1v) is 13.4. The van der Waals surface area contributed by atoms with Crippen molar-refractivity contribution in [1.29, 1.82) is 0 Å². The van der Waals surface area contributed by atoms with Crippen LogP contribution in [0.15, 0.2) is 54.6 Å². The molecular weight excluding hydrogens is 559 g/mol. The third kappa shape index (κ3) is 5.35. The highest BCUT2D eigenvalue weighted by atomic mass is 35.5. The third-order valence-electron chi connectivity index (χ3n) is 8.65. The topological polar surface area (TPSA) is 23.5 Å². The van der Waals surface area contributed by atoms with E-state index < -0.39 is 51.0 Å². The lowest BCUT2D eigenvalue weighted by atomic mass is 9.63. The van der Waals surface area contributed by atoms with Crippen LogP contribution >= 0.6 is 11.6 Å². The van der Waals surface area contributed by atoms with Gasteiger partial charge in [-0.3, -0.25) is 0 Å². The predicted octanol–water partition coefficient (Wildman–Crippen LogP) is 8.13. The Morgan fingerprint density at radius 3 is 1.75 bits per heavy atom. The number of piperidine rings is 1. The van der Waals surface area contributed by atoms with Crippen LogP contribution in [0, 0.1) is 23.3 Å². The van der Waals surface area contributed by atoms with E-state index in [1.807, 2.05) is 0 Å². The Labute approximate surface area is 232 Å². The maximum atomic E-state index is 15.0. The average Bonchev–Trinajstić information content (AvgIpc) is 2.89. The van der Waals surface area contributed by atoms with Gasteiger partial charge in [-0.2, -0.15) is 13.2 Å². The largest absolute Gasteiger partial charge is 0.417 e. The number of halogens is 8. The Balaban J connectivity index is 1.34. The number of hydrogen-bond donors (Lipinski definition) is 1. The van der Waals surface area contributed by atoms with Gasteiger partial charge in [-0.15, -0.1) is 0 Å². The molecule has 5 rings (SSSR count). The lowest BCUT2D eigenvalue weighted by Gasteiger charge is -2.47. The summed E-state index contributed by atoms with van der Waals surface area (Å²) < 4.78 is 97.6. The van der Waals surface area contributed by atoms with Crippen molar-refractivity contribution in [3.8, 4) is 0 Å². The van der Waals surface area contributed by atoms with Crippen LogP contribution in [0.3, 0.4) is 0 Å². The molecule has 3 aromatic carbocycles. The molecular formula is C30H27ClF7NO. The summed E-state index contributed by atoms with van der Waals surface area (Å²) >= 11 is 5.74. The van der Waals surface area contributed by atoms with E-state index in [-0.39, 0.29) is 35.6 Å². The maximum Gasteiger partial charge on any atom is 0.417 e. The average molecular weight is 586 g/mol. The van der Waals surface area contributed by atoms with Crippen molar-refractivity contribution >= 4 is 11.6 Å². The first-order chi connectivity index (χ1) is 18.8. The Morgan fingerprint density at radius 2 is 1.27 bits per heavy atom. The zero-order valence-electron chi connectivity index (χ0n) is 21.3. The highest BCUT2D eigenvalue weighted by Crippen LogP contribution is 2.48. The van der Waals surface area contributed by atoms with E-state index in [1.54, 1.807) is 0 Å². The second-order valence-corrected chi connectivity index (χ2v) is 11.2. The van der Waals surface area contributed by atoms with Gasteiger partial charge in [0.1, 0.15) is 23.3 Å². The molecule has 2 fully saturated rings. The molecule has 1 N–H and O–H groups in total. The summed E-state index contributed by atoms with van der Waals surface area (Å²) in [5.41, 5.74) is -3.12. The second-order valence-electron chi connectivity index (χ2n) is 10.8. The van der Waals surface area contributed by atoms with Crippen LogP contribution in [-0.2, 0) is 17.2 Å². The zero-order valence-corrected chi connectivity index (χ0v) is 22.1. The van der Waals surface area contributed by atoms with Gasteiger partial charge in [0.25, 0.3) is 0 Å². The van der Waals surface area contributed by atoms with E-state index >= 15 is 8.78 Å². The predicted molar refractivity (Wildman–Crippen MR) is 137 cm³/mol. The highest BCUT2D eigenvalue weighted by Gasteiger charge is 2.45. The molecule has 1 saturated carbocycles. The molecule has 0 atom stereocenters. The smallest absolute Gasteiger partial charge is 0.385 e. The molecule has 0 bridgehead atoms. The van der Waals surface area contributed by atoms with Crippen LogP contribution in [0.1, 0.15) is 60.8 Å². The zero-order chi connectivity index (χ0) is 28.9. The van der Waals surface area contributed by atoms with Crippen molar-refractivity contribution in [2.75, 3.05) is 13.1 Å². The molecule has 1 saturated heterocycles. The Morgan fingerprint density at radius 1 is 0.750 bits per heavy atom. The molecule has 0 amide bonds. The Bertz CT molecular complexity index is 1340. The molecule has 3 aromatic rings. The molecule has 0 spiro atoms. The number of alkyl halides is 3. The molecule has 1 heterocycles. The van der Waals surface area contributed by atoms with Crippen LogP contribution in [0.4, 0.5) is 30.7 Å². The quantitative estimate of drug-likeness (QED) is 0.313. The summed E-state index contributed by atoms with van der Waals surface area (Å²) in [5, 5.41) is 10.8. The van der Waals surface area contributed by atoms with E-state index in [1.165, 1.54) is 18.2 Å². The molecule has 1 aliphatic carbocycles. The lowest BCUT2D eigenvalue weighted by Crippen LogP contribution is -2.49. The summed E-state index contributed by atoms with van der Waals surface area (Å²) in [4.78, 5) is 2.14. The molecule has 10 heteroatoms. The Kier molecular flexibility index (Phi) is 7.70. The van der Waals surface area contributed by atoms with Crippen molar-refractivity contribution < 1.29 is 35.8 Å². The normalized spacial score (nSPS) is 20.0. The summed E-state index contributed by atoms with van der Waals surface area (Å²) in [6.45, 7) is 0.821. The minimum absolute atomic E-state index is 0.000600. The molecule has 0 aromatic heterocycles. The molecule has 0 radical (unpaired) electrons. The van der Waals surface area contributed by atoms with E-state index in [4.69, 9.17) is 11.6 Å². The number of benzene rings is 3. The minimum Gasteiger partial charge on any atom is -0.385 e. The fraction of sp³-hybridized carbons (Fsp3) is 0.400. The van der Waals surface area contributed by atoms with Gasteiger partial charge in [-0.1, -0.05) is 29.8 Å². The van der Waals surface area contributed by atoms with Gasteiger partial charge in [-0.25, -0.2) is 17.6 Å². The fourth-order valence-corrected chi connectivity index (χ4v) is 6.70. The summed E-state index contributed by atoms with van der Waals surface area (Å²) in [5.74, 6) is -3.11. The first kappa shape index (κ1) is 28.9.